The number of hydrogen-bond acceptors (Lipinski definition) is 3. The molecule has 0 aromatic heterocycles. The van der Waals surface area contributed by atoms with Crippen molar-refractivity contribution in [2.75, 3.05) is 29.6 Å². The first kappa shape index (κ1) is 14.2. The second-order valence-corrected chi connectivity index (χ2v) is 5.49. The number of nitrogens with zero attached hydrogens (tertiary/aromatic N) is 2. The van der Waals surface area contributed by atoms with E-state index in [4.69, 9.17) is 4.74 Å². The van der Waals surface area contributed by atoms with Gasteiger partial charge in [0.05, 0.1) is 30.8 Å². The molecule has 1 atom stereocenters. The quantitative estimate of drug-likeness (QED) is 0.808. The van der Waals surface area contributed by atoms with Crippen molar-refractivity contribution in [1.29, 1.82) is 0 Å². The molecule has 1 saturated heterocycles. The summed E-state index contributed by atoms with van der Waals surface area (Å²) in [5.41, 5.74) is 4.02. The number of ether oxygens (including phenoxy) is 1. The van der Waals surface area contributed by atoms with Crippen molar-refractivity contribution < 1.29 is 4.74 Å². The van der Waals surface area contributed by atoms with Gasteiger partial charge in [0.25, 0.3) is 0 Å². The second kappa shape index (κ2) is 5.96. The molecule has 110 valence electrons. The van der Waals surface area contributed by atoms with Crippen LogP contribution in [0.25, 0.3) is 0 Å². The van der Waals surface area contributed by atoms with E-state index in [1.165, 1.54) is 16.9 Å². The maximum Gasteiger partial charge on any atom is 0.0984 e. The van der Waals surface area contributed by atoms with Crippen LogP contribution in [0.2, 0.25) is 0 Å². The lowest BCUT2D eigenvalue weighted by Gasteiger charge is -2.21. The summed E-state index contributed by atoms with van der Waals surface area (Å²) >= 11 is 0. The Labute approximate surface area is 131 Å². The number of rotatable bonds is 4. The van der Waals surface area contributed by atoms with Crippen molar-refractivity contribution in [2.24, 2.45) is 0 Å². The molecule has 0 spiro atoms. The van der Waals surface area contributed by atoms with Crippen LogP contribution in [0.3, 0.4) is 0 Å². The van der Waals surface area contributed by atoms with E-state index in [9.17, 15) is 0 Å². The SMILES string of the molecule is Cl.c1ccc(CN2CN(CC3CO3)c3ccccc32)cc1. The van der Waals surface area contributed by atoms with Crippen LogP contribution in [0.4, 0.5) is 11.4 Å². The van der Waals surface area contributed by atoms with Crippen molar-refractivity contribution in [3.63, 3.8) is 0 Å². The Morgan fingerprint density at radius 2 is 1.52 bits per heavy atom. The number of hydrogen-bond donors (Lipinski definition) is 0. The van der Waals surface area contributed by atoms with Crippen molar-refractivity contribution in [2.45, 2.75) is 12.6 Å². The molecule has 4 heteroatoms. The maximum atomic E-state index is 5.38. The summed E-state index contributed by atoms with van der Waals surface area (Å²) in [5, 5.41) is 0. The Bertz CT molecular complexity index is 601. The monoisotopic (exact) mass is 302 g/mol. The van der Waals surface area contributed by atoms with Crippen LogP contribution in [-0.2, 0) is 11.3 Å². The Balaban J connectivity index is 0.00000132. The summed E-state index contributed by atoms with van der Waals surface area (Å²) in [6, 6.07) is 19.3. The zero-order valence-corrected chi connectivity index (χ0v) is 12.6. The van der Waals surface area contributed by atoms with Gasteiger partial charge in [0.1, 0.15) is 0 Å². The smallest absolute Gasteiger partial charge is 0.0984 e. The fraction of sp³-hybridized carbons (Fsp3) is 0.294. The van der Waals surface area contributed by atoms with Crippen molar-refractivity contribution in [3.8, 4) is 0 Å². The van der Waals surface area contributed by atoms with Gasteiger partial charge in [0.2, 0.25) is 0 Å². The molecule has 0 amide bonds. The van der Waals surface area contributed by atoms with Crippen LogP contribution in [-0.4, -0.2) is 25.9 Å². The molecule has 0 radical (unpaired) electrons. The average molecular weight is 303 g/mol. The zero-order valence-electron chi connectivity index (χ0n) is 11.8. The molecule has 0 aliphatic carbocycles. The van der Waals surface area contributed by atoms with Crippen molar-refractivity contribution in [1.82, 2.24) is 0 Å². The molecule has 21 heavy (non-hydrogen) atoms. The topological polar surface area (TPSA) is 19.0 Å². The molecule has 4 rings (SSSR count). The molecule has 2 aromatic rings. The highest BCUT2D eigenvalue weighted by atomic mass is 35.5. The van der Waals surface area contributed by atoms with Crippen LogP contribution >= 0.6 is 12.4 Å². The first-order valence-corrected chi connectivity index (χ1v) is 7.14. The van der Waals surface area contributed by atoms with E-state index in [1.54, 1.807) is 0 Å². The molecule has 1 unspecified atom stereocenters. The number of anilines is 2. The lowest BCUT2D eigenvalue weighted by Crippen LogP contribution is -2.33. The number of epoxide rings is 1. The second-order valence-electron chi connectivity index (χ2n) is 5.49. The van der Waals surface area contributed by atoms with Crippen LogP contribution in [0.5, 0.6) is 0 Å². The molecule has 0 saturated carbocycles. The molecule has 2 heterocycles. The third kappa shape index (κ3) is 2.99. The van der Waals surface area contributed by atoms with Crippen molar-refractivity contribution >= 4 is 23.8 Å². The standard InChI is InChI=1S/C17H18N2O.ClH/c1-2-6-14(7-3-1)10-18-13-19(11-15-12-20-15)17-9-5-4-8-16(17)18;/h1-9,15H,10-13H2;1H. The highest BCUT2D eigenvalue weighted by Crippen LogP contribution is 2.37. The molecule has 0 N–H and O–H groups in total. The van der Waals surface area contributed by atoms with Gasteiger partial charge in [-0.2, -0.15) is 0 Å². The Kier molecular flexibility index (Phi) is 4.04. The predicted octanol–water partition coefficient (Wildman–Crippen LogP) is 3.29. The zero-order chi connectivity index (χ0) is 13.4. The Morgan fingerprint density at radius 1 is 0.905 bits per heavy atom. The van der Waals surface area contributed by atoms with Crippen LogP contribution in [0.15, 0.2) is 54.6 Å². The summed E-state index contributed by atoms with van der Waals surface area (Å²) in [4.78, 5) is 4.86. The number of fused-ring (bicyclic) bond motifs is 1. The normalized spacial score (nSPS) is 19.1. The van der Waals surface area contributed by atoms with Gasteiger partial charge in [0, 0.05) is 13.1 Å². The minimum Gasteiger partial charge on any atom is -0.371 e. The van der Waals surface area contributed by atoms with Crippen LogP contribution in [0.1, 0.15) is 5.56 Å². The number of halogens is 1. The van der Waals surface area contributed by atoms with Gasteiger partial charge in [-0.1, -0.05) is 42.5 Å². The van der Waals surface area contributed by atoms with Gasteiger partial charge < -0.3 is 14.5 Å². The van der Waals surface area contributed by atoms with Gasteiger partial charge in [0.15, 0.2) is 0 Å². The van der Waals surface area contributed by atoms with E-state index in [-0.39, 0.29) is 12.4 Å². The Morgan fingerprint density at radius 3 is 2.19 bits per heavy atom. The van der Waals surface area contributed by atoms with Gasteiger partial charge >= 0.3 is 0 Å². The molecule has 3 nitrogen and oxygen atoms in total. The largest absolute Gasteiger partial charge is 0.371 e. The average Bonchev–Trinajstić information content (AvgIpc) is 3.25. The molecule has 2 aromatic carbocycles. The fourth-order valence-electron chi connectivity index (χ4n) is 2.87. The van der Waals surface area contributed by atoms with Gasteiger partial charge in [-0.15, -0.1) is 12.4 Å². The van der Waals surface area contributed by atoms with E-state index in [2.05, 4.69) is 64.4 Å². The molecule has 0 bridgehead atoms. The third-order valence-electron chi connectivity index (χ3n) is 3.95. The van der Waals surface area contributed by atoms with Crippen LogP contribution < -0.4 is 9.80 Å². The van der Waals surface area contributed by atoms with Crippen molar-refractivity contribution in [3.05, 3.63) is 60.2 Å². The lowest BCUT2D eigenvalue weighted by molar-refractivity contribution is 0.408. The number of para-hydroxylation sites is 2. The fourth-order valence-corrected chi connectivity index (χ4v) is 2.87. The molecular weight excluding hydrogens is 284 g/mol. The first-order valence-electron chi connectivity index (χ1n) is 7.14. The summed E-state index contributed by atoms with van der Waals surface area (Å²) in [7, 11) is 0. The van der Waals surface area contributed by atoms with E-state index < -0.39 is 0 Å². The third-order valence-corrected chi connectivity index (χ3v) is 3.95. The Hall–Kier alpha value is -1.71. The highest BCUT2D eigenvalue weighted by Gasteiger charge is 2.31. The van der Waals surface area contributed by atoms with E-state index >= 15 is 0 Å². The maximum absolute atomic E-state index is 5.38. The number of benzene rings is 2. The minimum atomic E-state index is 0. The first-order chi connectivity index (χ1) is 9.90. The van der Waals surface area contributed by atoms with E-state index in [0.717, 1.165) is 26.4 Å². The summed E-state index contributed by atoms with van der Waals surface area (Å²) < 4.78 is 5.38. The molecule has 1 fully saturated rings. The minimum absolute atomic E-state index is 0. The van der Waals surface area contributed by atoms with Gasteiger partial charge in [-0.05, 0) is 17.7 Å². The molecule has 2 aliphatic rings. The van der Waals surface area contributed by atoms with Gasteiger partial charge in [-0.3, -0.25) is 0 Å². The lowest BCUT2D eigenvalue weighted by atomic mass is 10.2. The highest BCUT2D eigenvalue weighted by molar-refractivity contribution is 5.85. The summed E-state index contributed by atoms with van der Waals surface area (Å²) in [6.45, 7) is 3.83. The molecule has 2 aliphatic heterocycles. The van der Waals surface area contributed by atoms with Gasteiger partial charge in [-0.25, -0.2) is 0 Å². The van der Waals surface area contributed by atoms with Crippen LogP contribution in [0, 0.1) is 0 Å². The van der Waals surface area contributed by atoms with E-state index in [1.807, 2.05) is 0 Å². The predicted molar refractivity (Wildman–Crippen MR) is 88.3 cm³/mol. The summed E-state index contributed by atoms with van der Waals surface area (Å²) in [6.07, 6.45) is 0.430. The molecular formula is C17H19ClN2O. The summed E-state index contributed by atoms with van der Waals surface area (Å²) in [5.74, 6) is 0. The van der Waals surface area contributed by atoms with E-state index in [0.29, 0.717) is 6.10 Å².